The predicted octanol–water partition coefficient (Wildman–Crippen LogP) is -0.310. The first-order valence-electron chi connectivity index (χ1n) is 4.22. The lowest BCUT2D eigenvalue weighted by Gasteiger charge is -2.08. The standard InChI is InChI=1S/C8H15NO4S/c1-5(2)14-4-7(11)9-3-6(10)8(12)13/h5-6,10H,3-4H2,1-2H3,(H,9,11)(H,12,13)/t6-/m0/s1. The van der Waals surface area contributed by atoms with Gasteiger partial charge in [0.2, 0.25) is 5.91 Å². The topological polar surface area (TPSA) is 86.6 Å². The SMILES string of the molecule is CC(C)SCC(=O)NC[C@H](O)C(=O)O. The average molecular weight is 221 g/mol. The lowest BCUT2D eigenvalue weighted by Crippen LogP contribution is -2.37. The van der Waals surface area contributed by atoms with Gasteiger partial charge in [-0.15, -0.1) is 11.8 Å². The van der Waals surface area contributed by atoms with Crippen molar-refractivity contribution >= 4 is 23.6 Å². The molecule has 0 unspecified atom stereocenters. The molecule has 0 aromatic heterocycles. The Kier molecular flexibility index (Phi) is 6.31. The molecule has 0 fully saturated rings. The minimum atomic E-state index is -1.53. The number of amides is 1. The summed E-state index contributed by atoms with van der Waals surface area (Å²) in [4.78, 5) is 21.2. The third-order valence-electron chi connectivity index (χ3n) is 1.33. The lowest BCUT2D eigenvalue weighted by molar-refractivity contribution is -0.146. The van der Waals surface area contributed by atoms with E-state index in [9.17, 15) is 9.59 Å². The highest BCUT2D eigenvalue weighted by Crippen LogP contribution is 2.07. The molecule has 3 N–H and O–H groups in total. The number of nitrogens with one attached hydrogen (secondary N) is 1. The number of aliphatic carboxylic acids is 1. The molecule has 0 aliphatic carbocycles. The number of carboxylic acid groups (broad SMARTS) is 1. The average Bonchev–Trinajstić information content (AvgIpc) is 2.10. The van der Waals surface area contributed by atoms with Crippen LogP contribution in [0.3, 0.4) is 0 Å². The molecule has 0 aromatic carbocycles. The van der Waals surface area contributed by atoms with E-state index in [-0.39, 0.29) is 18.2 Å². The summed E-state index contributed by atoms with van der Waals surface area (Å²) in [5.74, 6) is -1.31. The van der Waals surface area contributed by atoms with Crippen molar-refractivity contribution in [1.29, 1.82) is 0 Å². The van der Waals surface area contributed by atoms with Crippen molar-refractivity contribution in [2.45, 2.75) is 25.2 Å². The number of aliphatic hydroxyl groups is 1. The van der Waals surface area contributed by atoms with Gasteiger partial charge in [0.15, 0.2) is 6.10 Å². The Morgan fingerprint density at radius 3 is 2.43 bits per heavy atom. The summed E-state index contributed by atoms with van der Waals surface area (Å²) < 4.78 is 0. The van der Waals surface area contributed by atoms with Gasteiger partial charge in [-0.2, -0.15) is 0 Å². The fourth-order valence-electron chi connectivity index (χ4n) is 0.591. The van der Waals surface area contributed by atoms with Gasteiger partial charge in [-0.05, 0) is 5.25 Å². The summed E-state index contributed by atoms with van der Waals surface area (Å²) in [5, 5.41) is 19.8. The number of carbonyl (C=O) groups is 2. The molecule has 0 saturated heterocycles. The van der Waals surface area contributed by atoms with Gasteiger partial charge in [0, 0.05) is 0 Å². The predicted molar refractivity (Wildman–Crippen MR) is 54.2 cm³/mol. The molecule has 0 radical (unpaired) electrons. The number of aliphatic hydroxyl groups excluding tert-OH is 1. The highest BCUT2D eigenvalue weighted by Gasteiger charge is 2.13. The van der Waals surface area contributed by atoms with Gasteiger partial charge in [0.05, 0.1) is 12.3 Å². The van der Waals surface area contributed by atoms with E-state index in [1.54, 1.807) is 0 Å². The van der Waals surface area contributed by atoms with Crippen LogP contribution in [-0.2, 0) is 9.59 Å². The summed E-state index contributed by atoms with van der Waals surface area (Å²) in [5.41, 5.74) is 0. The van der Waals surface area contributed by atoms with Gasteiger partial charge < -0.3 is 15.5 Å². The van der Waals surface area contributed by atoms with Crippen LogP contribution < -0.4 is 5.32 Å². The molecule has 1 amide bonds. The monoisotopic (exact) mass is 221 g/mol. The Bertz CT molecular complexity index is 208. The van der Waals surface area contributed by atoms with Crippen LogP contribution in [0, 0.1) is 0 Å². The third kappa shape index (κ3) is 6.73. The smallest absolute Gasteiger partial charge is 0.334 e. The molecule has 0 bridgehead atoms. The minimum absolute atomic E-state index is 0.243. The molecule has 0 aliphatic heterocycles. The number of carbonyl (C=O) groups excluding carboxylic acids is 1. The molecule has 0 aromatic rings. The molecular formula is C8H15NO4S. The second-order valence-electron chi connectivity index (χ2n) is 3.02. The molecule has 0 rings (SSSR count). The molecule has 0 heterocycles. The van der Waals surface area contributed by atoms with Gasteiger partial charge in [-0.3, -0.25) is 4.79 Å². The van der Waals surface area contributed by atoms with Crippen LogP contribution in [0.1, 0.15) is 13.8 Å². The number of hydrogen-bond acceptors (Lipinski definition) is 4. The first-order valence-corrected chi connectivity index (χ1v) is 5.27. The van der Waals surface area contributed by atoms with Crippen LogP contribution in [0.5, 0.6) is 0 Å². The van der Waals surface area contributed by atoms with Crippen LogP contribution in [0.25, 0.3) is 0 Å². The summed E-state index contributed by atoms with van der Waals surface area (Å²) in [6.45, 7) is 3.68. The first-order chi connectivity index (χ1) is 6.43. The molecule has 1 atom stereocenters. The van der Waals surface area contributed by atoms with Crippen LogP contribution in [0.4, 0.5) is 0 Å². The number of rotatable bonds is 6. The Morgan fingerprint density at radius 2 is 2.00 bits per heavy atom. The maximum absolute atomic E-state index is 11.0. The molecular weight excluding hydrogens is 206 g/mol. The second kappa shape index (κ2) is 6.67. The van der Waals surface area contributed by atoms with E-state index in [1.165, 1.54) is 11.8 Å². The van der Waals surface area contributed by atoms with E-state index in [2.05, 4.69) is 5.32 Å². The molecule has 82 valence electrons. The Hall–Kier alpha value is -0.750. The number of carboxylic acids is 1. The quantitative estimate of drug-likeness (QED) is 0.572. The minimum Gasteiger partial charge on any atom is -0.479 e. The Balaban J connectivity index is 3.59. The Labute approximate surface area is 86.9 Å². The summed E-state index contributed by atoms with van der Waals surface area (Å²) >= 11 is 1.46. The second-order valence-corrected chi connectivity index (χ2v) is 4.58. The zero-order chi connectivity index (χ0) is 11.1. The van der Waals surface area contributed by atoms with Crippen molar-refractivity contribution in [2.24, 2.45) is 0 Å². The van der Waals surface area contributed by atoms with Crippen molar-refractivity contribution in [3.63, 3.8) is 0 Å². The fraction of sp³-hybridized carbons (Fsp3) is 0.750. The third-order valence-corrected chi connectivity index (χ3v) is 2.42. The van der Waals surface area contributed by atoms with Crippen molar-refractivity contribution in [3.05, 3.63) is 0 Å². The molecule has 14 heavy (non-hydrogen) atoms. The van der Waals surface area contributed by atoms with Gasteiger partial charge in [0.1, 0.15) is 0 Å². The summed E-state index contributed by atoms with van der Waals surface area (Å²) in [6.07, 6.45) is -1.53. The molecule has 5 nitrogen and oxygen atoms in total. The largest absolute Gasteiger partial charge is 0.479 e. The summed E-state index contributed by atoms with van der Waals surface area (Å²) in [7, 11) is 0. The lowest BCUT2D eigenvalue weighted by atomic mass is 10.3. The maximum Gasteiger partial charge on any atom is 0.334 e. The fourth-order valence-corrected chi connectivity index (χ4v) is 1.18. The van der Waals surface area contributed by atoms with Crippen molar-refractivity contribution < 1.29 is 19.8 Å². The zero-order valence-electron chi connectivity index (χ0n) is 8.19. The van der Waals surface area contributed by atoms with E-state index in [0.717, 1.165) is 0 Å². The van der Waals surface area contributed by atoms with E-state index in [1.807, 2.05) is 13.8 Å². The van der Waals surface area contributed by atoms with Gasteiger partial charge in [-0.25, -0.2) is 4.79 Å². The molecule has 6 heteroatoms. The van der Waals surface area contributed by atoms with Gasteiger partial charge in [-0.1, -0.05) is 13.8 Å². The van der Waals surface area contributed by atoms with Crippen molar-refractivity contribution in [2.75, 3.05) is 12.3 Å². The van der Waals surface area contributed by atoms with Crippen LogP contribution in [0.15, 0.2) is 0 Å². The normalized spacial score (nSPS) is 12.6. The highest BCUT2D eigenvalue weighted by molar-refractivity contribution is 8.00. The van der Waals surface area contributed by atoms with E-state index in [4.69, 9.17) is 10.2 Å². The number of thioether (sulfide) groups is 1. The first kappa shape index (κ1) is 13.2. The van der Waals surface area contributed by atoms with Crippen molar-refractivity contribution in [1.82, 2.24) is 5.32 Å². The Morgan fingerprint density at radius 1 is 1.43 bits per heavy atom. The van der Waals surface area contributed by atoms with Gasteiger partial charge >= 0.3 is 5.97 Å². The van der Waals surface area contributed by atoms with Crippen LogP contribution in [0.2, 0.25) is 0 Å². The van der Waals surface area contributed by atoms with E-state index in [0.29, 0.717) is 5.25 Å². The van der Waals surface area contributed by atoms with E-state index < -0.39 is 12.1 Å². The molecule has 0 spiro atoms. The van der Waals surface area contributed by atoms with E-state index >= 15 is 0 Å². The van der Waals surface area contributed by atoms with Crippen LogP contribution in [-0.4, -0.2) is 45.7 Å². The zero-order valence-corrected chi connectivity index (χ0v) is 9.00. The number of hydrogen-bond donors (Lipinski definition) is 3. The van der Waals surface area contributed by atoms with Crippen molar-refractivity contribution in [3.8, 4) is 0 Å². The van der Waals surface area contributed by atoms with Crippen LogP contribution >= 0.6 is 11.8 Å². The van der Waals surface area contributed by atoms with Gasteiger partial charge in [0.25, 0.3) is 0 Å². The summed E-state index contributed by atoms with van der Waals surface area (Å²) in [6, 6.07) is 0. The molecule has 0 aliphatic rings. The highest BCUT2D eigenvalue weighted by atomic mass is 32.2. The molecule has 0 saturated carbocycles. The maximum atomic E-state index is 11.0.